The lowest BCUT2D eigenvalue weighted by Gasteiger charge is -2.39. The third-order valence-electron chi connectivity index (χ3n) is 7.15. The average Bonchev–Trinajstić information content (AvgIpc) is 3.12. The number of nitrogens with one attached hydrogen (secondary N) is 1. The Morgan fingerprint density at radius 2 is 1.90 bits per heavy atom. The first-order valence-electron chi connectivity index (χ1n) is 11.0. The topological polar surface area (TPSA) is 62.6 Å². The van der Waals surface area contributed by atoms with Gasteiger partial charge in [0.25, 0.3) is 5.91 Å². The molecular formula is C25H28N2O3. The number of carbonyl (C=O) groups is 1. The summed E-state index contributed by atoms with van der Waals surface area (Å²) in [5.74, 6) is 0.787. The second-order valence-corrected chi connectivity index (χ2v) is 8.89. The fraction of sp³-hybridized carbons (Fsp3) is 0.440. The van der Waals surface area contributed by atoms with E-state index >= 15 is 0 Å². The third-order valence-corrected chi connectivity index (χ3v) is 7.15. The van der Waals surface area contributed by atoms with Crippen molar-refractivity contribution in [3.63, 3.8) is 0 Å². The third kappa shape index (κ3) is 3.21. The van der Waals surface area contributed by atoms with Crippen LogP contribution in [0.15, 0.2) is 45.6 Å². The first kappa shape index (κ1) is 19.3. The van der Waals surface area contributed by atoms with Crippen LogP contribution in [0.5, 0.6) is 0 Å². The maximum atomic E-state index is 13.2. The summed E-state index contributed by atoms with van der Waals surface area (Å²) in [6.45, 7) is 5.01. The molecule has 0 saturated carbocycles. The van der Waals surface area contributed by atoms with Crippen molar-refractivity contribution < 1.29 is 9.21 Å². The molecule has 0 atom stereocenters. The van der Waals surface area contributed by atoms with Gasteiger partial charge in [0.1, 0.15) is 11.3 Å². The highest BCUT2D eigenvalue weighted by atomic mass is 16.4. The smallest absolute Gasteiger partial charge is 0.349 e. The average molecular weight is 405 g/mol. The lowest BCUT2D eigenvalue weighted by Crippen LogP contribution is -2.45. The molecule has 30 heavy (non-hydrogen) atoms. The summed E-state index contributed by atoms with van der Waals surface area (Å²) in [6.07, 6.45) is 8.17. The summed E-state index contributed by atoms with van der Waals surface area (Å²) in [7, 11) is 0. The van der Waals surface area contributed by atoms with Gasteiger partial charge in [-0.15, -0.1) is 0 Å². The van der Waals surface area contributed by atoms with Crippen molar-refractivity contribution >= 4 is 12.0 Å². The summed E-state index contributed by atoms with van der Waals surface area (Å²) >= 11 is 0. The van der Waals surface area contributed by atoms with E-state index in [1.54, 1.807) is 0 Å². The normalized spacial score (nSPS) is 20.5. The second kappa shape index (κ2) is 7.55. The Morgan fingerprint density at radius 3 is 2.63 bits per heavy atom. The van der Waals surface area contributed by atoms with Gasteiger partial charge in [-0.25, -0.2) is 4.79 Å². The molecule has 0 unspecified atom stereocenters. The van der Waals surface area contributed by atoms with E-state index in [4.69, 9.17) is 4.42 Å². The van der Waals surface area contributed by atoms with E-state index in [0.717, 1.165) is 50.1 Å². The molecule has 2 aliphatic heterocycles. The summed E-state index contributed by atoms with van der Waals surface area (Å²) in [5, 5.41) is 3.33. The maximum absolute atomic E-state index is 13.2. The zero-order chi connectivity index (χ0) is 20.7. The lowest BCUT2D eigenvalue weighted by atomic mass is 9.74. The SMILES string of the molecule is Cc1cc(C2CCNCC2)oc(=O)c1C(=O)N1CCC2(C=Cc3ccccc32)CC1. The highest BCUT2D eigenvalue weighted by Crippen LogP contribution is 2.43. The molecule has 1 aromatic heterocycles. The van der Waals surface area contributed by atoms with Crippen molar-refractivity contribution in [2.24, 2.45) is 0 Å². The molecular weight excluding hydrogens is 376 g/mol. The number of hydrogen-bond acceptors (Lipinski definition) is 4. The Hall–Kier alpha value is -2.66. The zero-order valence-corrected chi connectivity index (χ0v) is 17.4. The van der Waals surface area contributed by atoms with Crippen molar-refractivity contribution in [1.29, 1.82) is 0 Å². The molecule has 2 saturated heterocycles. The van der Waals surface area contributed by atoms with Crippen LogP contribution in [-0.2, 0) is 5.41 Å². The quantitative estimate of drug-likeness (QED) is 0.831. The Kier molecular flexibility index (Phi) is 4.86. The summed E-state index contributed by atoms with van der Waals surface area (Å²) < 4.78 is 5.64. The molecule has 1 N–H and O–H groups in total. The van der Waals surface area contributed by atoms with Crippen LogP contribution in [0.1, 0.15) is 64.4 Å². The molecule has 156 valence electrons. The van der Waals surface area contributed by atoms with Gasteiger partial charge in [0, 0.05) is 24.4 Å². The highest BCUT2D eigenvalue weighted by molar-refractivity contribution is 5.95. The van der Waals surface area contributed by atoms with Crippen LogP contribution in [0.25, 0.3) is 6.08 Å². The standard InChI is InChI=1S/C25H28N2O3/c1-17-16-21(19-7-12-26-13-8-19)30-24(29)22(17)23(28)27-14-10-25(11-15-27)9-6-18-4-2-3-5-20(18)25/h2-6,9,16,19,26H,7-8,10-15H2,1H3. The number of amides is 1. The second-order valence-electron chi connectivity index (χ2n) is 8.89. The van der Waals surface area contributed by atoms with Gasteiger partial charge in [0.05, 0.1) is 0 Å². The number of allylic oxidation sites excluding steroid dienone is 1. The predicted octanol–water partition coefficient (Wildman–Crippen LogP) is 3.62. The summed E-state index contributed by atoms with van der Waals surface area (Å²) in [5.41, 5.74) is 3.11. The number of likely N-dealkylation sites (tertiary alicyclic amines) is 1. The number of carbonyl (C=O) groups excluding carboxylic acids is 1. The molecule has 2 fully saturated rings. The molecule has 1 amide bonds. The molecule has 5 nitrogen and oxygen atoms in total. The molecule has 0 bridgehead atoms. The van der Waals surface area contributed by atoms with Gasteiger partial charge < -0.3 is 14.6 Å². The van der Waals surface area contributed by atoms with Gasteiger partial charge in [-0.05, 0) is 68.5 Å². The van der Waals surface area contributed by atoms with E-state index in [1.165, 1.54) is 11.1 Å². The monoisotopic (exact) mass is 404 g/mol. The fourth-order valence-corrected chi connectivity index (χ4v) is 5.34. The highest BCUT2D eigenvalue weighted by Gasteiger charge is 2.39. The Morgan fingerprint density at radius 1 is 1.17 bits per heavy atom. The van der Waals surface area contributed by atoms with Gasteiger partial charge in [-0.1, -0.05) is 36.4 Å². The number of hydrogen-bond donors (Lipinski definition) is 1. The summed E-state index contributed by atoms with van der Waals surface area (Å²) in [4.78, 5) is 27.8. The molecule has 3 aliphatic rings. The van der Waals surface area contributed by atoms with Crippen molar-refractivity contribution in [2.45, 2.75) is 43.9 Å². The first-order chi connectivity index (χ1) is 14.6. The van der Waals surface area contributed by atoms with Crippen LogP contribution in [0.2, 0.25) is 0 Å². The number of fused-ring (bicyclic) bond motifs is 2. The molecule has 3 heterocycles. The number of benzene rings is 1. The van der Waals surface area contributed by atoms with Gasteiger partial charge in [0.15, 0.2) is 0 Å². The van der Waals surface area contributed by atoms with E-state index in [1.807, 2.05) is 17.9 Å². The van der Waals surface area contributed by atoms with Crippen molar-refractivity contribution in [2.75, 3.05) is 26.2 Å². The van der Waals surface area contributed by atoms with Crippen molar-refractivity contribution in [3.8, 4) is 0 Å². The molecule has 5 heteroatoms. The Labute approximate surface area is 176 Å². The minimum absolute atomic E-state index is 0.0198. The molecule has 1 spiro atoms. The molecule has 5 rings (SSSR count). The van der Waals surface area contributed by atoms with Crippen molar-refractivity contribution in [3.05, 3.63) is 74.8 Å². The van der Waals surface area contributed by atoms with Gasteiger partial charge in [-0.2, -0.15) is 0 Å². The number of rotatable bonds is 2. The summed E-state index contributed by atoms with van der Waals surface area (Å²) in [6, 6.07) is 10.4. The van der Waals surface area contributed by atoms with Crippen LogP contribution < -0.4 is 10.9 Å². The number of aryl methyl sites for hydroxylation is 1. The molecule has 2 aromatic rings. The number of piperidine rings is 2. The van der Waals surface area contributed by atoms with Crippen LogP contribution >= 0.6 is 0 Å². The van der Waals surface area contributed by atoms with Crippen molar-refractivity contribution in [1.82, 2.24) is 10.2 Å². The Balaban J connectivity index is 1.34. The van der Waals surface area contributed by atoms with Gasteiger partial charge >= 0.3 is 5.63 Å². The van der Waals surface area contributed by atoms with Crippen LogP contribution in [0.3, 0.4) is 0 Å². The number of nitrogens with zero attached hydrogens (tertiary/aromatic N) is 1. The van der Waals surface area contributed by atoms with Crippen LogP contribution in [-0.4, -0.2) is 37.0 Å². The van der Waals surface area contributed by atoms with E-state index in [9.17, 15) is 9.59 Å². The molecule has 1 aliphatic carbocycles. The molecule has 1 aromatic carbocycles. The first-order valence-corrected chi connectivity index (χ1v) is 11.0. The van der Waals surface area contributed by atoms with Crippen LogP contribution in [0.4, 0.5) is 0 Å². The van der Waals surface area contributed by atoms with E-state index < -0.39 is 5.63 Å². The molecule has 0 radical (unpaired) electrons. The van der Waals surface area contributed by atoms with Gasteiger partial charge in [-0.3, -0.25) is 4.79 Å². The minimum Gasteiger partial charge on any atom is -0.427 e. The zero-order valence-electron chi connectivity index (χ0n) is 17.4. The van der Waals surface area contributed by atoms with Crippen LogP contribution in [0, 0.1) is 6.92 Å². The van der Waals surface area contributed by atoms with Gasteiger partial charge in [0.2, 0.25) is 0 Å². The van der Waals surface area contributed by atoms with E-state index in [2.05, 4.69) is 41.7 Å². The minimum atomic E-state index is -0.486. The largest absolute Gasteiger partial charge is 0.427 e. The van der Waals surface area contributed by atoms with E-state index in [0.29, 0.717) is 13.1 Å². The predicted molar refractivity (Wildman–Crippen MR) is 117 cm³/mol. The van der Waals surface area contributed by atoms with E-state index in [-0.39, 0.29) is 22.8 Å². The Bertz CT molecular complexity index is 1050. The lowest BCUT2D eigenvalue weighted by molar-refractivity contribution is 0.0684. The fourth-order valence-electron chi connectivity index (χ4n) is 5.34. The maximum Gasteiger partial charge on any atom is 0.349 e.